The highest BCUT2D eigenvalue weighted by Crippen LogP contribution is 2.20. The Morgan fingerprint density at radius 2 is 1.71 bits per heavy atom. The number of rotatable bonds is 9. The Kier molecular flexibility index (Phi) is 9.29. The smallest absolute Gasteiger partial charge is 0.242 e. The minimum atomic E-state index is -0.526. The molecule has 0 spiro atoms. The molecule has 0 bridgehead atoms. The number of hydrogen-bond acceptors (Lipinski definition) is 3. The predicted molar refractivity (Wildman–Crippen MR) is 129 cm³/mol. The number of thioether (sulfide) groups is 1. The molecule has 0 heterocycles. The zero-order valence-corrected chi connectivity index (χ0v) is 19.6. The summed E-state index contributed by atoms with van der Waals surface area (Å²) in [6.07, 6.45) is 5.60. The Morgan fingerprint density at radius 3 is 2.39 bits per heavy atom. The third-order valence-corrected chi connectivity index (χ3v) is 6.96. The molecular weight excluding hydrogens is 428 g/mol. The van der Waals surface area contributed by atoms with Gasteiger partial charge < -0.3 is 10.2 Å². The van der Waals surface area contributed by atoms with Gasteiger partial charge in [0.2, 0.25) is 11.8 Å². The van der Waals surface area contributed by atoms with Crippen LogP contribution < -0.4 is 5.32 Å². The molecule has 0 radical (unpaired) electrons. The summed E-state index contributed by atoms with van der Waals surface area (Å²) in [6.45, 7) is 2.22. The van der Waals surface area contributed by atoms with E-state index in [4.69, 9.17) is 11.6 Å². The molecule has 1 aliphatic carbocycles. The summed E-state index contributed by atoms with van der Waals surface area (Å²) in [5.74, 6) is 1.01. The van der Waals surface area contributed by atoms with Gasteiger partial charge in [-0.2, -0.15) is 0 Å². The van der Waals surface area contributed by atoms with Crippen LogP contribution in [0.1, 0.15) is 50.2 Å². The minimum absolute atomic E-state index is 0.0258. The molecule has 1 N–H and O–H groups in total. The first kappa shape index (κ1) is 23.7. The van der Waals surface area contributed by atoms with Crippen molar-refractivity contribution in [2.45, 2.75) is 63.4 Å². The topological polar surface area (TPSA) is 49.4 Å². The van der Waals surface area contributed by atoms with Crippen LogP contribution in [-0.2, 0) is 21.9 Å². The number of halogens is 1. The molecule has 1 saturated carbocycles. The highest BCUT2D eigenvalue weighted by molar-refractivity contribution is 7.99. The number of hydrogen-bond donors (Lipinski definition) is 1. The van der Waals surface area contributed by atoms with E-state index < -0.39 is 6.04 Å². The Morgan fingerprint density at radius 1 is 1.03 bits per heavy atom. The number of carbonyl (C=O) groups excluding carboxylic acids is 2. The van der Waals surface area contributed by atoms with E-state index in [0.717, 1.165) is 37.0 Å². The molecule has 31 heavy (non-hydrogen) atoms. The fourth-order valence-corrected chi connectivity index (χ4v) is 4.85. The average Bonchev–Trinajstić information content (AvgIpc) is 2.79. The van der Waals surface area contributed by atoms with E-state index in [1.807, 2.05) is 49.4 Å². The van der Waals surface area contributed by atoms with Crippen LogP contribution in [0, 0.1) is 0 Å². The lowest BCUT2D eigenvalue weighted by Gasteiger charge is -2.31. The first-order valence-electron chi connectivity index (χ1n) is 11.0. The third kappa shape index (κ3) is 7.58. The van der Waals surface area contributed by atoms with Gasteiger partial charge in [-0.15, -0.1) is 11.8 Å². The first-order valence-corrected chi connectivity index (χ1v) is 12.5. The maximum absolute atomic E-state index is 13.1. The van der Waals surface area contributed by atoms with Crippen molar-refractivity contribution in [1.82, 2.24) is 10.2 Å². The fourth-order valence-electron chi connectivity index (χ4n) is 3.85. The Labute approximate surface area is 194 Å². The first-order chi connectivity index (χ1) is 15.0. The quantitative estimate of drug-likeness (QED) is 0.544. The molecule has 2 amide bonds. The van der Waals surface area contributed by atoms with Gasteiger partial charge in [0.05, 0.1) is 5.75 Å². The molecule has 1 atom stereocenters. The zero-order valence-electron chi connectivity index (χ0n) is 18.1. The van der Waals surface area contributed by atoms with Crippen LogP contribution in [0.15, 0.2) is 54.6 Å². The largest absolute Gasteiger partial charge is 0.352 e. The van der Waals surface area contributed by atoms with E-state index in [1.54, 1.807) is 16.7 Å². The fraction of sp³-hybridized carbons (Fsp3) is 0.440. The maximum Gasteiger partial charge on any atom is 0.242 e. The van der Waals surface area contributed by atoms with Gasteiger partial charge >= 0.3 is 0 Å². The normalized spacial score (nSPS) is 15.3. The number of amides is 2. The molecule has 0 unspecified atom stereocenters. The van der Waals surface area contributed by atoms with Crippen molar-refractivity contribution in [2.24, 2.45) is 0 Å². The highest BCUT2D eigenvalue weighted by Gasteiger charge is 2.28. The van der Waals surface area contributed by atoms with Gasteiger partial charge in [-0.1, -0.05) is 73.3 Å². The lowest BCUT2D eigenvalue weighted by atomic mass is 9.95. The summed E-state index contributed by atoms with van der Waals surface area (Å²) < 4.78 is 0. The zero-order chi connectivity index (χ0) is 22.1. The number of benzene rings is 2. The second-order valence-electron chi connectivity index (χ2n) is 8.15. The predicted octanol–water partition coefficient (Wildman–Crippen LogP) is 5.44. The monoisotopic (exact) mass is 458 g/mol. The van der Waals surface area contributed by atoms with Crippen LogP contribution in [0.2, 0.25) is 5.02 Å². The summed E-state index contributed by atoms with van der Waals surface area (Å²) in [7, 11) is 0. The van der Waals surface area contributed by atoms with Crippen molar-refractivity contribution in [1.29, 1.82) is 0 Å². The third-order valence-electron chi connectivity index (χ3n) is 5.72. The average molecular weight is 459 g/mol. The van der Waals surface area contributed by atoms with Crippen molar-refractivity contribution in [3.63, 3.8) is 0 Å². The molecule has 0 saturated heterocycles. The van der Waals surface area contributed by atoms with E-state index >= 15 is 0 Å². The summed E-state index contributed by atoms with van der Waals surface area (Å²) >= 11 is 7.59. The lowest BCUT2D eigenvalue weighted by Crippen LogP contribution is -2.50. The molecule has 4 nitrogen and oxygen atoms in total. The van der Waals surface area contributed by atoms with Crippen molar-refractivity contribution in [3.05, 3.63) is 70.7 Å². The second-order valence-corrected chi connectivity index (χ2v) is 9.57. The van der Waals surface area contributed by atoms with Crippen LogP contribution in [0.3, 0.4) is 0 Å². The molecule has 6 heteroatoms. The molecule has 3 rings (SSSR count). The number of carbonyl (C=O) groups is 2. The van der Waals surface area contributed by atoms with Gasteiger partial charge in [0.1, 0.15) is 6.04 Å². The van der Waals surface area contributed by atoms with E-state index in [0.29, 0.717) is 17.3 Å². The highest BCUT2D eigenvalue weighted by atomic mass is 35.5. The summed E-state index contributed by atoms with van der Waals surface area (Å²) in [5, 5.41) is 3.83. The molecule has 1 fully saturated rings. The molecule has 2 aromatic carbocycles. The van der Waals surface area contributed by atoms with E-state index in [9.17, 15) is 9.59 Å². The Bertz CT molecular complexity index is 838. The Balaban J connectivity index is 1.64. The van der Waals surface area contributed by atoms with Gasteiger partial charge in [-0.25, -0.2) is 0 Å². The van der Waals surface area contributed by atoms with Crippen LogP contribution in [-0.4, -0.2) is 34.6 Å². The number of nitrogens with one attached hydrogen (secondary N) is 1. The molecule has 166 valence electrons. The van der Waals surface area contributed by atoms with E-state index in [1.165, 1.54) is 12.0 Å². The van der Waals surface area contributed by atoms with Crippen molar-refractivity contribution < 1.29 is 9.59 Å². The molecule has 0 aromatic heterocycles. The van der Waals surface area contributed by atoms with Gasteiger partial charge in [-0.05, 0) is 43.0 Å². The maximum atomic E-state index is 13.1. The van der Waals surface area contributed by atoms with E-state index in [-0.39, 0.29) is 17.9 Å². The van der Waals surface area contributed by atoms with Gasteiger partial charge in [0, 0.05) is 23.4 Å². The molecule has 0 aliphatic heterocycles. The summed E-state index contributed by atoms with van der Waals surface area (Å²) in [4.78, 5) is 27.8. The van der Waals surface area contributed by atoms with Gasteiger partial charge in [-0.3, -0.25) is 9.59 Å². The van der Waals surface area contributed by atoms with Crippen LogP contribution in [0.25, 0.3) is 0 Å². The number of nitrogens with zero attached hydrogens (tertiary/aromatic N) is 1. The standard InChI is InChI=1S/C25H31ClN2O2S/c1-19(25(30)27-23-10-6-3-7-11-23)28(16-20-12-14-22(26)15-13-20)24(29)18-31-17-21-8-4-2-5-9-21/h2,4-5,8-9,12-15,19,23H,3,6-7,10-11,16-18H2,1H3,(H,27,30)/t19-/m1/s1. The van der Waals surface area contributed by atoms with E-state index in [2.05, 4.69) is 17.4 Å². The summed E-state index contributed by atoms with van der Waals surface area (Å²) in [6, 6.07) is 17.3. The van der Waals surface area contributed by atoms with Crippen LogP contribution >= 0.6 is 23.4 Å². The molecule has 1 aliphatic rings. The van der Waals surface area contributed by atoms with Crippen molar-refractivity contribution in [2.75, 3.05) is 5.75 Å². The van der Waals surface area contributed by atoms with Crippen molar-refractivity contribution in [3.8, 4) is 0 Å². The van der Waals surface area contributed by atoms with Gasteiger partial charge in [0.15, 0.2) is 0 Å². The Hall–Kier alpha value is -1.98. The summed E-state index contributed by atoms with van der Waals surface area (Å²) in [5.41, 5.74) is 2.15. The SMILES string of the molecule is C[C@H](C(=O)NC1CCCCC1)N(Cc1ccc(Cl)cc1)C(=O)CSCc1ccccc1. The minimum Gasteiger partial charge on any atom is -0.352 e. The van der Waals surface area contributed by atoms with Crippen LogP contribution in [0.5, 0.6) is 0 Å². The molecule has 2 aromatic rings. The van der Waals surface area contributed by atoms with Gasteiger partial charge in [0.25, 0.3) is 0 Å². The second kappa shape index (κ2) is 12.2. The molecular formula is C25H31ClN2O2S. The van der Waals surface area contributed by atoms with Crippen molar-refractivity contribution >= 4 is 35.2 Å². The van der Waals surface area contributed by atoms with Crippen LogP contribution in [0.4, 0.5) is 0 Å². The lowest BCUT2D eigenvalue weighted by molar-refractivity contribution is -0.139.